The summed E-state index contributed by atoms with van der Waals surface area (Å²) in [6.07, 6.45) is 6.54. The molecule has 30 heavy (non-hydrogen) atoms. The van der Waals surface area contributed by atoms with Crippen molar-refractivity contribution in [1.82, 2.24) is 25.2 Å². The van der Waals surface area contributed by atoms with E-state index in [1.807, 2.05) is 12.1 Å². The monoisotopic (exact) mass is 405 g/mol. The minimum absolute atomic E-state index is 0.0942. The number of pyridine rings is 3. The fourth-order valence-electron chi connectivity index (χ4n) is 3.61. The zero-order valence-electron chi connectivity index (χ0n) is 16.8. The number of nitrogens with one attached hydrogen (secondary N) is 2. The van der Waals surface area contributed by atoms with Gasteiger partial charge in [0.2, 0.25) is 5.91 Å². The molecular weight excluding hydrogens is 382 g/mol. The van der Waals surface area contributed by atoms with Crippen molar-refractivity contribution >= 4 is 34.3 Å². The van der Waals surface area contributed by atoms with Gasteiger partial charge in [-0.15, -0.1) is 0 Å². The second-order valence-corrected chi connectivity index (χ2v) is 7.27. The molecule has 4 rings (SSSR count). The highest BCUT2D eigenvalue weighted by molar-refractivity contribution is 5.98. The van der Waals surface area contributed by atoms with E-state index in [9.17, 15) is 9.59 Å². The molecule has 154 valence electrons. The zero-order chi connectivity index (χ0) is 21.3. The third-order valence-electron chi connectivity index (χ3n) is 5.29. The summed E-state index contributed by atoms with van der Waals surface area (Å²) >= 11 is 0. The molecule has 0 aliphatic carbocycles. The molecule has 4 heterocycles. The van der Waals surface area contributed by atoms with Gasteiger partial charge in [0.05, 0.1) is 5.69 Å². The Labute approximate surface area is 173 Å². The number of rotatable bonds is 4. The number of nitrogen functional groups attached to an aromatic ring is 1. The van der Waals surface area contributed by atoms with Gasteiger partial charge in [-0.2, -0.15) is 0 Å². The number of carbonyl (C=O) groups excluding carboxylic acids is 2. The largest absolute Gasteiger partial charge is 0.383 e. The van der Waals surface area contributed by atoms with E-state index in [0.29, 0.717) is 35.7 Å². The molecule has 1 fully saturated rings. The van der Waals surface area contributed by atoms with Crippen LogP contribution in [0.15, 0.2) is 36.8 Å². The van der Waals surface area contributed by atoms with E-state index >= 15 is 0 Å². The Hall–Kier alpha value is -3.75. The van der Waals surface area contributed by atoms with Gasteiger partial charge in [-0.25, -0.2) is 14.8 Å². The summed E-state index contributed by atoms with van der Waals surface area (Å²) in [5.41, 5.74) is 8.91. The topological polar surface area (TPSA) is 126 Å². The first kappa shape index (κ1) is 19.6. The number of urea groups is 1. The van der Waals surface area contributed by atoms with Gasteiger partial charge in [-0.1, -0.05) is 6.92 Å². The summed E-state index contributed by atoms with van der Waals surface area (Å²) in [7, 11) is 1.72. The van der Waals surface area contributed by atoms with Gasteiger partial charge in [0.1, 0.15) is 17.7 Å². The normalized spacial score (nSPS) is 16.1. The van der Waals surface area contributed by atoms with Crippen LogP contribution in [0.1, 0.15) is 18.9 Å². The Balaban J connectivity index is 1.60. The fraction of sp³-hybridized carbons (Fsp3) is 0.286. The molecule has 3 aromatic heterocycles. The number of likely N-dealkylation sites (N-methyl/N-ethyl adjacent to an activating group) is 1. The molecule has 0 aromatic carbocycles. The fourth-order valence-corrected chi connectivity index (χ4v) is 3.61. The molecule has 9 nitrogen and oxygen atoms in total. The van der Waals surface area contributed by atoms with Gasteiger partial charge in [0.15, 0.2) is 0 Å². The third-order valence-corrected chi connectivity index (χ3v) is 5.29. The van der Waals surface area contributed by atoms with Crippen LogP contribution in [0.2, 0.25) is 0 Å². The Kier molecular flexibility index (Phi) is 5.18. The number of fused-ring (bicyclic) bond motifs is 1. The predicted octanol–water partition coefficient (Wildman–Crippen LogP) is 2.19. The molecule has 0 bridgehead atoms. The molecular formula is C21H23N7O2. The van der Waals surface area contributed by atoms with E-state index in [4.69, 9.17) is 5.73 Å². The van der Waals surface area contributed by atoms with E-state index in [2.05, 4.69) is 32.5 Å². The molecule has 1 atom stereocenters. The van der Waals surface area contributed by atoms with Gasteiger partial charge in [0, 0.05) is 43.1 Å². The van der Waals surface area contributed by atoms with Crippen molar-refractivity contribution in [3.63, 3.8) is 0 Å². The summed E-state index contributed by atoms with van der Waals surface area (Å²) in [6, 6.07) is 4.62. The Morgan fingerprint density at radius 3 is 2.90 bits per heavy atom. The van der Waals surface area contributed by atoms with Crippen molar-refractivity contribution in [3.8, 4) is 11.3 Å². The molecule has 0 unspecified atom stereocenters. The smallest absolute Gasteiger partial charge is 0.321 e. The quantitative estimate of drug-likeness (QED) is 0.611. The summed E-state index contributed by atoms with van der Waals surface area (Å²) in [5, 5.41) is 6.88. The zero-order valence-corrected chi connectivity index (χ0v) is 16.8. The molecule has 1 aliphatic rings. The van der Waals surface area contributed by atoms with Crippen molar-refractivity contribution in [1.29, 1.82) is 0 Å². The standard InChI is InChI=1S/C21H23N7O2/c1-3-12-4-6-23-10-14(12)17-8-13-9-18(24-11-15(13)19(22)25-17)27-21(30)26-16-5-7-28(2)20(16)29/h4,6,8-11,16H,3,5,7H2,1-2H3,(H2,22,25)(H2,24,26,27,30)/t16-/m0/s1. The summed E-state index contributed by atoms with van der Waals surface area (Å²) < 4.78 is 0. The predicted molar refractivity (Wildman–Crippen MR) is 115 cm³/mol. The average molecular weight is 405 g/mol. The number of aryl methyl sites for hydroxylation is 1. The minimum Gasteiger partial charge on any atom is -0.383 e. The van der Waals surface area contributed by atoms with Crippen LogP contribution < -0.4 is 16.4 Å². The lowest BCUT2D eigenvalue weighted by atomic mass is 10.0. The number of nitrogens with zero attached hydrogens (tertiary/aromatic N) is 4. The molecule has 3 amide bonds. The van der Waals surface area contributed by atoms with E-state index < -0.39 is 12.1 Å². The van der Waals surface area contributed by atoms with Crippen molar-refractivity contribution in [2.75, 3.05) is 24.6 Å². The molecule has 0 saturated carbocycles. The van der Waals surface area contributed by atoms with Crippen LogP contribution in [-0.4, -0.2) is 51.4 Å². The number of nitrogens with two attached hydrogens (primary N) is 1. The molecule has 1 aliphatic heterocycles. The number of likely N-dealkylation sites (tertiary alicyclic amines) is 1. The lowest BCUT2D eigenvalue weighted by molar-refractivity contribution is -0.128. The van der Waals surface area contributed by atoms with E-state index in [1.165, 1.54) is 0 Å². The highest BCUT2D eigenvalue weighted by atomic mass is 16.2. The van der Waals surface area contributed by atoms with Gasteiger partial charge >= 0.3 is 6.03 Å². The van der Waals surface area contributed by atoms with Gasteiger partial charge < -0.3 is 16.0 Å². The van der Waals surface area contributed by atoms with Crippen LogP contribution in [0, 0.1) is 0 Å². The van der Waals surface area contributed by atoms with Crippen LogP contribution >= 0.6 is 0 Å². The number of hydrogen-bond acceptors (Lipinski definition) is 6. The second kappa shape index (κ2) is 7.94. The molecule has 9 heteroatoms. The molecule has 3 aromatic rings. The third kappa shape index (κ3) is 3.73. The van der Waals surface area contributed by atoms with Crippen LogP contribution in [0.25, 0.3) is 22.0 Å². The lowest BCUT2D eigenvalue weighted by Gasteiger charge is -2.13. The van der Waals surface area contributed by atoms with Gasteiger partial charge in [-0.3, -0.25) is 15.1 Å². The van der Waals surface area contributed by atoms with Crippen LogP contribution in [0.5, 0.6) is 0 Å². The maximum atomic E-state index is 12.3. The number of carbonyl (C=O) groups is 2. The summed E-state index contributed by atoms with van der Waals surface area (Å²) in [4.78, 5) is 38.9. The first-order valence-corrected chi connectivity index (χ1v) is 9.78. The second-order valence-electron chi connectivity index (χ2n) is 7.27. The van der Waals surface area contributed by atoms with Gasteiger partial charge in [0.25, 0.3) is 0 Å². The maximum absolute atomic E-state index is 12.3. The molecule has 4 N–H and O–H groups in total. The lowest BCUT2D eigenvalue weighted by Crippen LogP contribution is -2.42. The van der Waals surface area contributed by atoms with Crippen molar-refractivity contribution in [3.05, 3.63) is 42.4 Å². The number of hydrogen-bond donors (Lipinski definition) is 3. The van der Waals surface area contributed by atoms with E-state index in [-0.39, 0.29) is 5.91 Å². The molecule has 0 radical (unpaired) electrons. The molecule has 0 spiro atoms. The number of anilines is 2. The number of amides is 3. The van der Waals surface area contributed by atoms with Crippen molar-refractivity contribution in [2.45, 2.75) is 25.8 Å². The highest BCUT2D eigenvalue weighted by Gasteiger charge is 2.30. The van der Waals surface area contributed by atoms with E-state index in [1.54, 1.807) is 36.6 Å². The first-order chi connectivity index (χ1) is 14.5. The van der Waals surface area contributed by atoms with Crippen LogP contribution in [0.4, 0.5) is 16.4 Å². The Morgan fingerprint density at radius 1 is 1.33 bits per heavy atom. The molecule has 1 saturated heterocycles. The highest BCUT2D eigenvalue weighted by Crippen LogP contribution is 2.29. The van der Waals surface area contributed by atoms with Crippen LogP contribution in [-0.2, 0) is 11.2 Å². The maximum Gasteiger partial charge on any atom is 0.321 e. The minimum atomic E-state index is -0.514. The Bertz CT molecular complexity index is 1130. The van der Waals surface area contributed by atoms with Crippen molar-refractivity contribution < 1.29 is 9.59 Å². The van der Waals surface area contributed by atoms with Crippen LogP contribution in [0.3, 0.4) is 0 Å². The average Bonchev–Trinajstić information content (AvgIpc) is 3.05. The summed E-state index contributed by atoms with van der Waals surface area (Å²) in [6.45, 7) is 2.70. The first-order valence-electron chi connectivity index (χ1n) is 9.78. The number of aromatic nitrogens is 3. The summed E-state index contributed by atoms with van der Waals surface area (Å²) in [5.74, 6) is 0.622. The Morgan fingerprint density at radius 2 is 2.17 bits per heavy atom. The SMILES string of the molecule is CCc1ccncc1-c1cc2cc(NC(=O)N[C@H]3CCN(C)C3=O)ncc2c(N)n1. The van der Waals surface area contributed by atoms with E-state index in [0.717, 1.165) is 22.9 Å². The van der Waals surface area contributed by atoms with Crippen molar-refractivity contribution in [2.24, 2.45) is 0 Å². The van der Waals surface area contributed by atoms with Gasteiger partial charge in [-0.05, 0) is 42.0 Å².